The number of alkyl halides is 3. The molecule has 112 valence electrons. The molecule has 0 aliphatic rings. The molecule has 2 aromatic rings. The molecule has 0 radical (unpaired) electrons. The normalized spacial score (nSPS) is 13.2. The fraction of sp³-hybridized carbons (Fsp3) is 0.200. The smallest absolute Gasteiger partial charge is 0.309 e. The van der Waals surface area contributed by atoms with Crippen LogP contribution in [-0.2, 0) is 6.18 Å². The third-order valence-corrected chi connectivity index (χ3v) is 3.36. The maximum Gasteiger partial charge on any atom is 0.416 e. The van der Waals surface area contributed by atoms with Gasteiger partial charge in [0, 0.05) is 10.6 Å². The van der Waals surface area contributed by atoms with Gasteiger partial charge in [-0.3, -0.25) is 0 Å². The first-order valence-electron chi connectivity index (χ1n) is 6.12. The summed E-state index contributed by atoms with van der Waals surface area (Å²) in [6.07, 6.45) is -4.39. The highest BCUT2D eigenvalue weighted by Crippen LogP contribution is 2.32. The van der Waals surface area contributed by atoms with Crippen LogP contribution in [0, 0.1) is 5.82 Å². The molecule has 1 N–H and O–H groups in total. The lowest BCUT2D eigenvalue weighted by molar-refractivity contribution is -0.137. The van der Waals surface area contributed by atoms with E-state index in [4.69, 9.17) is 11.6 Å². The van der Waals surface area contributed by atoms with E-state index in [1.165, 1.54) is 30.3 Å². The molecule has 0 spiro atoms. The highest BCUT2D eigenvalue weighted by atomic mass is 35.5. The lowest BCUT2D eigenvalue weighted by Crippen LogP contribution is -2.19. The zero-order valence-electron chi connectivity index (χ0n) is 11.0. The molecule has 0 saturated carbocycles. The first-order valence-corrected chi connectivity index (χ1v) is 6.50. The van der Waals surface area contributed by atoms with Crippen molar-refractivity contribution in [1.29, 1.82) is 0 Å². The van der Waals surface area contributed by atoms with Crippen LogP contribution in [0.2, 0.25) is 5.02 Å². The largest absolute Gasteiger partial charge is 0.416 e. The summed E-state index contributed by atoms with van der Waals surface area (Å²) in [6, 6.07) is 8.12. The van der Waals surface area contributed by atoms with Crippen LogP contribution in [0.15, 0.2) is 42.5 Å². The molecule has 0 amide bonds. The predicted molar refractivity (Wildman–Crippen MR) is 73.8 cm³/mol. The standard InChI is InChI=1S/C15H12ClF4N/c1-21-14(12-8-11(16)6-7-13(12)17)9-2-4-10(5-3-9)15(18,19)20/h2-8,14,21H,1H3. The van der Waals surface area contributed by atoms with Gasteiger partial charge in [-0.05, 0) is 42.9 Å². The van der Waals surface area contributed by atoms with Crippen molar-refractivity contribution in [3.63, 3.8) is 0 Å². The minimum Gasteiger partial charge on any atom is -0.309 e. The summed E-state index contributed by atoms with van der Waals surface area (Å²) < 4.78 is 51.5. The molecule has 0 saturated heterocycles. The number of benzene rings is 2. The third-order valence-electron chi connectivity index (χ3n) is 3.13. The zero-order valence-corrected chi connectivity index (χ0v) is 11.8. The highest BCUT2D eigenvalue weighted by Gasteiger charge is 2.30. The Balaban J connectivity index is 2.40. The van der Waals surface area contributed by atoms with Crippen LogP contribution >= 0.6 is 11.6 Å². The van der Waals surface area contributed by atoms with Crippen molar-refractivity contribution in [3.05, 3.63) is 70.0 Å². The lowest BCUT2D eigenvalue weighted by atomic mass is 9.97. The summed E-state index contributed by atoms with van der Waals surface area (Å²) in [5, 5.41) is 3.24. The van der Waals surface area contributed by atoms with Gasteiger partial charge in [0.2, 0.25) is 0 Å². The molecule has 1 unspecified atom stereocenters. The van der Waals surface area contributed by atoms with E-state index >= 15 is 0 Å². The van der Waals surface area contributed by atoms with Crippen LogP contribution < -0.4 is 5.32 Å². The van der Waals surface area contributed by atoms with Gasteiger partial charge in [-0.2, -0.15) is 13.2 Å². The van der Waals surface area contributed by atoms with Gasteiger partial charge >= 0.3 is 6.18 Å². The third kappa shape index (κ3) is 3.54. The Bertz CT molecular complexity index is 623. The van der Waals surface area contributed by atoms with Gasteiger partial charge in [-0.25, -0.2) is 4.39 Å². The van der Waals surface area contributed by atoms with Gasteiger partial charge in [0.25, 0.3) is 0 Å². The first-order chi connectivity index (χ1) is 9.82. The van der Waals surface area contributed by atoms with Gasteiger partial charge in [0.1, 0.15) is 5.82 Å². The Labute approximate surface area is 124 Å². The number of halogens is 5. The van der Waals surface area contributed by atoms with E-state index in [0.717, 1.165) is 12.1 Å². The molecule has 6 heteroatoms. The molecule has 0 aliphatic carbocycles. The second-order valence-electron chi connectivity index (χ2n) is 4.51. The fourth-order valence-electron chi connectivity index (χ4n) is 2.10. The Morgan fingerprint density at radius 1 is 1.05 bits per heavy atom. The number of rotatable bonds is 3. The van der Waals surface area contributed by atoms with Gasteiger partial charge in [0.15, 0.2) is 0 Å². The molecule has 0 fully saturated rings. The Kier molecular flexibility index (Phi) is 4.54. The van der Waals surface area contributed by atoms with Crippen molar-refractivity contribution in [2.75, 3.05) is 7.05 Å². The van der Waals surface area contributed by atoms with E-state index in [0.29, 0.717) is 10.6 Å². The second-order valence-corrected chi connectivity index (χ2v) is 4.94. The molecule has 1 atom stereocenters. The van der Waals surface area contributed by atoms with Crippen molar-refractivity contribution in [2.24, 2.45) is 0 Å². The van der Waals surface area contributed by atoms with Gasteiger partial charge in [-0.1, -0.05) is 23.7 Å². The van der Waals surface area contributed by atoms with Crippen molar-refractivity contribution in [2.45, 2.75) is 12.2 Å². The summed E-state index contributed by atoms with van der Waals surface area (Å²) in [4.78, 5) is 0. The average Bonchev–Trinajstić information content (AvgIpc) is 2.43. The lowest BCUT2D eigenvalue weighted by Gasteiger charge is -2.19. The van der Waals surface area contributed by atoms with Crippen molar-refractivity contribution >= 4 is 11.6 Å². The molecular weight excluding hydrogens is 306 g/mol. The Morgan fingerprint density at radius 3 is 2.19 bits per heavy atom. The topological polar surface area (TPSA) is 12.0 Å². The molecule has 1 nitrogen and oxygen atoms in total. The van der Waals surface area contributed by atoms with Crippen LogP contribution in [0.25, 0.3) is 0 Å². The van der Waals surface area contributed by atoms with Crippen LogP contribution in [0.5, 0.6) is 0 Å². The molecule has 0 aliphatic heterocycles. The Morgan fingerprint density at radius 2 is 1.67 bits per heavy atom. The number of hydrogen-bond donors (Lipinski definition) is 1. The summed E-state index contributed by atoms with van der Waals surface area (Å²) in [7, 11) is 1.60. The molecule has 2 aromatic carbocycles. The predicted octanol–water partition coefficient (Wildman–Crippen LogP) is 4.81. The quantitative estimate of drug-likeness (QED) is 0.801. The molecule has 21 heavy (non-hydrogen) atoms. The van der Waals surface area contributed by atoms with Crippen LogP contribution in [-0.4, -0.2) is 7.05 Å². The minimum absolute atomic E-state index is 0.282. The van der Waals surface area contributed by atoms with Crippen molar-refractivity contribution in [3.8, 4) is 0 Å². The summed E-state index contributed by atoms with van der Waals surface area (Å²) >= 11 is 5.85. The van der Waals surface area contributed by atoms with E-state index < -0.39 is 23.6 Å². The summed E-state index contributed by atoms with van der Waals surface area (Å²) in [5.74, 6) is -0.473. The van der Waals surface area contributed by atoms with Crippen LogP contribution in [0.4, 0.5) is 17.6 Å². The van der Waals surface area contributed by atoms with Gasteiger partial charge in [0.05, 0.1) is 11.6 Å². The van der Waals surface area contributed by atoms with E-state index in [1.807, 2.05) is 0 Å². The second kappa shape index (κ2) is 6.03. The molecule has 0 bridgehead atoms. The molecular formula is C15H12ClF4N. The van der Waals surface area contributed by atoms with Gasteiger partial charge < -0.3 is 5.32 Å². The fourth-order valence-corrected chi connectivity index (χ4v) is 2.28. The van der Waals surface area contributed by atoms with Crippen LogP contribution in [0.3, 0.4) is 0 Å². The average molecular weight is 318 g/mol. The Hall–Kier alpha value is -1.59. The SMILES string of the molecule is CNC(c1ccc(C(F)(F)F)cc1)c1cc(Cl)ccc1F. The van der Waals surface area contributed by atoms with E-state index in [-0.39, 0.29) is 5.56 Å². The first kappa shape index (κ1) is 15.8. The van der Waals surface area contributed by atoms with Crippen LogP contribution in [0.1, 0.15) is 22.7 Å². The number of nitrogens with one attached hydrogen (secondary N) is 1. The van der Waals surface area contributed by atoms with E-state index in [2.05, 4.69) is 5.32 Å². The monoisotopic (exact) mass is 317 g/mol. The maximum absolute atomic E-state index is 13.9. The molecule has 0 heterocycles. The maximum atomic E-state index is 13.9. The summed E-state index contributed by atoms with van der Waals surface area (Å²) in [6.45, 7) is 0. The van der Waals surface area contributed by atoms with Crippen molar-refractivity contribution < 1.29 is 17.6 Å². The molecule has 2 rings (SSSR count). The highest BCUT2D eigenvalue weighted by molar-refractivity contribution is 6.30. The van der Waals surface area contributed by atoms with E-state index in [9.17, 15) is 17.6 Å². The van der Waals surface area contributed by atoms with Gasteiger partial charge in [-0.15, -0.1) is 0 Å². The minimum atomic E-state index is -4.39. The number of hydrogen-bond acceptors (Lipinski definition) is 1. The summed E-state index contributed by atoms with van der Waals surface area (Å²) in [5.41, 5.74) is 0.0593. The van der Waals surface area contributed by atoms with E-state index in [1.54, 1.807) is 7.05 Å². The molecule has 0 aromatic heterocycles. The van der Waals surface area contributed by atoms with Crippen molar-refractivity contribution in [1.82, 2.24) is 5.32 Å². The zero-order chi connectivity index (χ0) is 15.6.